The second kappa shape index (κ2) is 7.86. The number of nitro benzene ring substituents is 1. The van der Waals surface area contributed by atoms with Gasteiger partial charge in [0.05, 0.1) is 35.4 Å². The smallest absolute Gasteiger partial charge is 0.315 e. The fraction of sp³-hybridized carbons (Fsp3) is 0.238. The lowest BCUT2D eigenvalue weighted by Crippen LogP contribution is -2.18. The number of benzene rings is 2. The minimum absolute atomic E-state index is 0.145. The van der Waals surface area contributed by atoms with E-state index in [-0.39, 0.29) is 11.1 Å². The highest BCUT2D eigenvalue weighted by atomic mass is 16.6. The van der Waals surface area contributed by atoms with Crippen LogP contribution in [0.3, 0.4) is 0 Å². The Kier molecular flexibility index (Phi) is 5.09. The summed E-state index contributed by atoms with van der Waals surface area (Å²) >= 11 is 0. The number of aromatic hydroxyl groups is 1. The Hall–Kier alpha value is -3.88. The third-order valence-electron chi connectivity index (χ3n) is 5.14. The molecule has 9 heteroatoms. The quantitative estimate of drug-likeness (QED) is 0.376. The summed E-state index contributed by atoms with van der Waals surface area (Å²) in [7, 11) is 1.45. The van der Waals surface area contributed by atoms with Crippen LogP contribution >= 0.6 is 0 Å². The molecule has 154 valence electrons. The summed E-state index contributed by atoms with van der Waals surface area (Å²) in [4.78, 5) is 23.1. The Bertz CT molecular complexity index is 1180. The number of fused-ring (bicyclic) bond motifs is 3. The van der Waals surface area contributed by atoms with Crippen molar-refractivity contribution < 1.29 is 24.0 Å². The van der Waals surface area contributed by atoms with E-state index in [4.69, 9.17) is 9.15 Å². The van der Waals surface area contributed by atoms with Crippen molar-refractivity contribution in [2.75, 3.05) is 7.11 Å². The molecule has 1 heterocycles. The number of phenolic OH excluding ortho intramolecular Hbond substituents is 1. The molecule has 1 aliphatic carbocycles. The molecule has 1 aromatic heterocycles. The number of nitrogens with one attached hydrogen (secondary N) is 1. The number of nitrogens with zero attached hydrogens (tertiary/aromatic N) is 2. The maximum Gasteiger partial charge on any atom is 0.315 e. The molecule has 30 heavy (non-hydrogen) atoms. The van der Waals surface area contributed by atoms with Crippen LogP contribution in [0, 0.1) is 10.1 Å². The van der Waals surface area contributed by atoms with Crippen molar-refractivity contribution in [1.29, 1.82) is 0 Å². The van der Waals surface area contributed by atoms with E-state index in [1.54, 1.807) is 24.3 Å². The van der Waals surface area contributed by atoms with Gasteiger partial charge in [0.25, 0.3) is 5.91 Å². The van der Waals surface area contributed by atoms with Crippen LogP contribution in [0.5, 0.6) is 11.5 Å². The van der Waals surface area contributed by atoms with Gasteiger partial charge in [-0.15, -0.1) is 0 Å². The summed E-state index contributed by atoms with van der Waals surface area (Å²) in [6.45, 7) is 0. The lowest BCUT2D eigenvalue weighted by atomic mass is 9.93. The first-order valence-corrected chi connectivity index (χ1v) is 9.42. The number of para-hydroxylation sites is 1. The fourth-order valence-corrected chi connectivity index (χ4v) is 3.75. The average molecular weight is 409 g/mol. The number of rotatable bonds is 5. The van der Waals surface area contributed by atoms with Gasteiger partial charge in [0, 0.05) is 17.4 Å². The van der Waals surface area contributed by atoms with E-state index in [2.05, 4.69) is 10.5 Å². The molecule has 4 rings (SSSR count). The van der Waals surface area contributed by atoms with Crippen molar-refractivity contribution in [1.82, 2.24) is 5.43 Å². The minimum atomic E-state index is -0.680. The van der Waals surface area contributed by atoms with Crippen LogP contribution in [-0.4, -0.2) is 29.3 Å². The van der Waals surface area contributed by atoms with Crippen molar-refractivity contribution in [3.63, 3.8) is 0 Å². The van der Waals surface area contributed by atoms with E-state index in [1.165, 1.54) is 19.4 Å². The van der Waals surface area contributed by atoms with Crippen LogP contribution in [0.1, 0.15) is 40.1 Å². The van der Waals surface area contributed by atoms with Gasteiger partial charge in [-0.1, -0.05) is 12.1 Å². The number of hydrazone groups is 1. The molecule has 1 amide bonds. The number of nitro groups is 1. The van der Waals surface area contributed by atoms with E-state index in [0.717, 1.165) is 37.0 Å². The first-order chi connectivity index (χ1) is 14.5. The first-order valence-electron chi connectivity index (χ1n) is 9.42. The molecule has 0 radical (unpaired) electrons. The van der Waals surface area contributed by atoms with Gasteiger partial charge in [-0.3, -0.25) is 14.9 Å². The maximum absolute atomic E-state index is 12.4. The summed E-state index contributed by atoms with van der Waals surface area (Å²) in [6.07, 6.45) is 4.62. The topological polar surface area (TPSA) is 127 Å². The fourth-order valence-electron chi connectivity index (χ4n) is 3.75. The number of aryl methyl sites for hydroxylation is 2. The highest BCUT2D eigenvalue weighted by Crippen LogP contribution is 2.41. The zero-order valence-corrected chi connectivity index (χ0v) is 16.2. The van der Waals surface area contributed by atoms with Gasteiger partial charge in [-0.2, -0.15) is 5.10 Å². The number of carbonyl (C=O) groups excluding carboxylic acids is 1. The third-order valence-corrected chi connectivity index (χ3v) is 5.14. The molecule has 0 saturated carbocycles. The Labute approximate surface area is 171 Å². The molecular weight excluding hydrogens is 390 g/mol. The van der Waals surface area contributed by atoms with Crippen LogP contribution < -0.4 is 10.2 Å². The number of amides is 1. The van der Waals surface area contributed by atoms with Crippen LogP contribution in [-0.2, 0) is 12.8 Å². The molecule has 0 bridgehead atoms. The van der Waals surface area contributed by atoms with Gasteiger partial charge >= 0.3 is 5.69 Å². The maximum atomic E-state index is 12.4. The van der Waals surface area contributed by atoms with Crippen molar-refractivity contribution in [3.05, 3.63) is 62.9 Å². The van der Waals surface area contributed by atoms with E-state index < -0.39 is 22.3 Å². The Morgan fingerprint density at radius 2 is 2.10 bits per heavy atom. The van der Waals surface area contributed by atoms with E-state index in [0.29, 0.717) is 16.7 Å². The summed E-state index contributed by atoms with van der Waals surface area (Å²) < 4.78 is 11.0. The van der Waals surface area contributed by atoms with Crippen LogP contribution in [0.2, 0.25) is 0 Å². The molecule has 0 spiro atoms. The Morgan fingerprint density at radius 1 is 1.33 bits per heavy atom. The zero-order valence-electron chi connectivity index (χ0n) is 16.2. The van der Waals surface area contributed by atoms with E-state index in [1.807, 2.05) is 0 Å². The van der Waals surface area contributed by atoms with Gasteiger partial charge in [-0.25, -0.2) is 5.43 Å². The van der Waals surface area contributed by atoms with Crippen molar-refractivity contribution in [2.24, 2.45) is 5.10 Å². The number of phenols is 1. The highest BCUT2D eigenvalue weighted by molar-refractivity contribution is 6.05. The molecule has 0 atom stereocenters. The number of ether oxygens (including phenoxy) is 1. The molecule has 2 aromatic carbocycles. The molecule has 0 aliphatic heterocycles. The first kappa shape index (κ1) is 19.4. The SMILES string of the molecule is COc1ccccc1C(=O)NN=Cc1c(O)c([N+](=O)[O-])cc2oc3c(c12)CCCC3. The van der Waals surface area contributed by atoms with Crippen LogP contribution in [0.25, 0.3) is 11.0 Å². The number of hydrogen-bond acceptors (Lipinski definition) is 7. The molecule has 1 aliphatic rings. The number of hydrogen-bond donors (Lipinski definition) is 2. The van der Waals surface area contributed by atoms with E-state index >= 15 is 0 Å². The monoisotopic (exact) mass is 409 g/mol. The van der Waals surface area contributed by atoms with Crippen molar-refractivity contribution in [3.8, 4) is 11.5 Å². The molecule has 0 unspecified atom stereocenters. The van der Waals surface area contributed by atoms with Gasteiger partial charge in [0.15, 0.2) is 0 Å². The Balaban J connectivity index is 1.74. The second-order valence-corrected chi connectivity index (χ2v) is 6.90. The molecule has 0 saturated heterocycles. The van der Waals surface area contributed by atoms with Crippen molar-refractivity contribution in [2.45, 2.75) is 25.7 Å². The lowest BCUT2D eigenvalue weighted by molar-refractivity contribution is -0.385. The standard InChI is InChI=1S/C21H19N3O6/c1-29-16-8-4-3-7-13(16)21(26)23-22-11-14-19-12-6-2-5-9-17(12)30-18(19)10-15(20(14)25)24(27)28/h3-4,7-8,10-11,25H,2,5-6,9H2,1H3,(H,23,26). The highest BCUT2D eigenvalue weighted by Gasteiger charge is 2.27. The largest absolute Gasteiger partial charge is 0.502 e. The second-order valence-electron chi connectivity index (χ2n) is 6.90. The summed E-state index contributed by atoms with van der Waals surface area (Å²) in [5.74, 6) is 0.120. The molecule has 0 fully saturated rings. The average Bonchev–Trinajstić information content (AvgIpc) is 3.13. The number of furan rings is 1. The zero-order chi connectivity index (χ0) is 21.3. The number of carbonyl (C=O) groups is 1. The molecule has 9 nitrogen and oxygen atoms in total. The lowest BCUT2D eigenvalue weighted by Gasteiger charge is -2.10. The minimum Gasteiger partial charge on any atom is -0.502 e. The van der Waals surface area contributed by atoms with Gasteiger partial charge in [0.1, 0.15) is 17.1 Å². The summed E-state index contributed by atoms with van der Waals surface area (Å²) in [5, 5.41) is 26.4. The van der Waals surface area contributed by atoms with Gasteiger partial charge in [-0.05, 0) is 31.4 Å². The Morgan fingerprint density at radius 3 is 2.87 bits per heavy atom. The predicted molar refractivity (Wildman–Crippen MR) is 109 cm³/mol. The van der Waals surface area contributed by atoms with Gasteiger partial charge in [0.2, 0.25) is 5.75 Å². The summed E-state index contributed by atoms with van der Waals surface area (Å²) in [5.41, 5.74) is 3.56. The van der Waals surface area contributed by atoms with Gasteiger partial charge < -0.3 is 14.3 Å². The van der Waals surface area contributed by atoms with Crippen LogP contribution in [0.4, 0.5) is 5.69 Å². The van der Waals surface area contributed by atoms with Crippen molar-refractivity contribution >= 4 is 28.8 Å². The number of methoxy groups -OCH3 is 1. The third kappa shape index (κ3) is 3.34. The molecule has 3 aromatic rings. The summed E-state index contributed by atoms with van der Waals surface area (Å²) in [6, 6.07) is 7.88. The predicted octanol–water partition coefficient (Wildman–Crippen LogP) is 3.70. The normalized spacial score (nSPS) is 13.4. The van der Waals surface area contributed by atoms with E-state index in [9.17, 15) is 20.0 Å². The molecule has 2 N–H and O–H groups in total. The van der Waals surface area contributed by atoms with Crippen LogP contribution in [0.15, 0.2) is 39.9 Å². The molecular formula is C21H19N3O6.